The lowest BCUT2D eigenvalue weighted by Crippen LogP contribution is -2.37. The third kappa shape index (κ3) is 72.1. The summed E-state index contributed by atoms with van der Waals surface area (Å²) >= 11 is 0. The zero-order valence-corrected chi connectivity index (χ0v) is 58.6. The van der Waals surface area contributed by atoms with Gasteiger partial charge in [0.1, 0.15) is 19.8 Å². The molecule has 0 spiro atoms. The molecule has 0 saturated heterocycles. The second kappa shape index (κ2) is 67.6. The highest BCUT2D eigenvalue weighted by Gasteiger charge is 2.22. The first-order valence-corrected chi connectivity index (χ1v) is 38.3. The van der Waals surface area contributed by atoms with Crippen molar-refractivity contribution in [3.05, 3.63) is 85.1 Å². The van der Waals surface area contributed by atoms with E-state index in [-0.39, 0.29) is 32.0 Å². The quantitative estimate of drug-likeness (QED) is 0.0195. The van der Waals surface area contributed by atoms with E-state index in [1.807, 2.05) is 21.1 Å². The summed E-state index contributed by atoms with van der Waals surface area (Å²) in [6.45, 7) is 4.16. The van der Waals surface area contributed by atoms with E-state index in [0.29, 0.717) is 17.4 Å². The molecular formula is C77H140NO8P. The second-order valence-corrected chi connectivity index (χ2v) is 27.3. The predicted octanol–water partition coefficient (Wildman–Crippen LogP) is 23.5. The molecule has 0 aliphatic heterocycles. The Morgan fingerprint density at radius 2 is 0.655 bits per heavy atom. The van der Waals surface area contributed by atoms with Gasteiger partial charge in [-0.3, -0.25) is 14.2 Å². The number of unbranched alkanes of at least 4 members (excludes halogenated alkanes) is 40. The van der Waals surface area contributed by atoms with Crippen LogP contribution in [-0.2, 0) is 32.7 Å². The minimum Gasteiger partial charge on any atom is -0.756 e. The van der Waals surface area contributed by atoms with Crippen LogP contribution in [0.2, 0.25) is 0 Å². The van der Waals surface area contributed by atoms with Crippen LogP contribution in [0.1, 0.15) is 341 Å². The van der Waals surface area contributed by atoms with Crippen molar-refractivity contribution in [1.29, 1.82) is 0 Å². The van der Waals surface area contributed by atoms with Gasteiger partial charge in [0.05, 0.1) is 27.7 Å². The first kappa shape index (κ1) is 84.2. The molecule has 0 aliphatic carbocycles. The number of ether oxygens (including phenoxy) is 2. The van der Waals surface area contributed by atoms with Gasteiger partial charge in [0, 0.05) is 12.8 Å². The van der Waals surface area contributed by atoms with Gasteiger partial charge >= 0.3 is 11.9 Å². The molecule has 0 aromatic heterocycles. The molecule has 0 aromatic carbocycles. The molecule has 0 aromatic rings. The molecule has 0 radical (unpaired) electrons. The molecule has 0 rings (SSSR count). The summed E-state index contributed by atoms with van der Waals surface area (Å²) in [5.41, 5.74) is 0. The van der Waals surface area contributed by atoms with Crippen LogP contribution in [0.4, 0.5) is 0 Å². The molecule has 0 N–H and O–H groups in total. The van der Waals surface area contributed by atoms with E-state index in [9.17, 15) is 19.0 Å². The fraction of sp³-hybridized carbons (Fsp3) is 0.792. The molecule has 0 amide bonds. The molecule has 506 valence electrons. The van der Waals surface area contributed by atoms with Crippen molar-refractivity contribution >= 4 is 19.8 Å². The van der Waals surface area contributed by atoms with Crippen molar-refractivity contribution < 1.29 is 42.1 Å². The van der Waals surface area contributed by atoms with Gasteiger partial charge in [0.15, 0.2) is 6.10 Å². The largest absolute Gasteiger partial charge is 0.756 e. The average molecular weight is 1240 g/mol. The summed E-state index contributed by atoms with van der Waals surface area (Å²) in [5.74, 6) is -0.836. The lowest BCUT2D eigenvalue weighted by molar-refractivity contribution is -0.870. The number of esters is 2. The molecule has 0 saturated carbocycles. The van der Waals surface area contributed by atoms with Gasteiger partial charge in [-0.1, -0.05) is 343 Å². The number of nitrogens with zero attached hydrogens (tertiary/aromatic N) is 1. The SMILES string of the molecule is CC/C=C\C/C=C\C/C=C\C/C=C\C/C=C\C/C=C\C/C=C\CCCCCCCCCC(=O)OC(COC(=O)CCCCCCCCCCCCCCCCCCCCCCCCCCCCCCCCCCCC)COP(=O)([O-])OCC[N+](C)(C)C. The summed E-state index contributed by atoms with van der Waals surface area (Å²) in [7, 11) is 1.16. The Morgan fingerprint density at radius 1 is 0.368 bits per heavy atom. The predicted molar refractivity (Wildman–Crippen MR) is 374 cm³/mol. The number of carbonyl (C=O) groups excluding carboxylic acids is 2. The van der Waals surface area contributed by atoms with Gasteiger partial charge in [-0.05, 0) is 70.6 Å². The van der Waals surface area contributed by atoms with E-state index >= 15 is 0 Å². The number of phosphoric ester groups is 1. The highest BCUT2D eigenvalue weighted by atomic mass is 31.2. The molecule has 10 heteroatoms. The first-order valence-electron chi connectivity index (χ1n) is 36.8. The first-order chi connectivity index (χ1) is 42.5. The van der Waals surface area contributed by atoms with E-state index in [1.54, 1.807) is 0 Å². The third-order valence-corrected chi connectivity index (χ3v) is 17.1. The zero-order chi connectivity index (χ0) is 63.4. The van der Waals surface area contributed by atoms with E-state index in [0.717, 1.165) is 89.9 Å². The monoisotopic (exact) mass is 1240 g/mol. The average Bonchev–Trinajstić information content (AvgIpc) is 3.56. The Morgan fingerprint density at radius 3 is 0.977 bits per heavy atom. The van der Waals surface area contributed by atoms with Gasteiger partial charge in [-0.15, -0.1) is 0 Å². The normalized spacial score (nSPS) is 13.6. The van der Waals surface area contributed by atoms with Crippen molar-refractivity contribution in [1.82, 2.24) is 0 Å². The van der Waals surface area contributed by atoms with Crippen molar-refractivity contribution in [2.45, 2.75) is 347 Å². The van der Waals surface area contributed by atoms with Crippen LogP contribution in [0, 0.1) is 0 Å². The maximum absolute atomic E-state index is 12.9. The van der Waals surface area contributed by atoms with Crippen LogP contribution in [0.25, 0.3) is 0 Å². The fourth-order valence-electron chi connectivity index (χ4n) is 10.6. The highest BCUT2D eigenvalue weighted by molar-refractivity contribution is 7.45. The fourth-order valence-corrected chi connectivity index (χ4v) is 11.3. The number of carbonyl (C=O) groups is 2. The van der Waals surface area contributed by atoms with Crippen LogP contribution < -0.4 is 4.89 Å². The minimum absolute atomic E-state index is 0.0355. The number of rotatable bonds is 68. The summed E-state index contributed by atoms with van der Waals surface area (Å²) in [5, 5.41) is 0. The Balaban J connectivity index is 4.02. The van der Waals surface area contributed by atoms with E-state index < -0.39 is 26.5 Å². The zero-order valence-electron chi connectivity index (χ0n) is 57.7. The van der Waals surface area contributed by atoms with Gasteiger partial charge in [-0.25, -0.2) is 0 Å². The second-order valence-electron chi connectivity index (χ2n) is 25.9. The smallest absolute Gasteiger partial charge is 0.306 e. The Hall–Kier alpha value is -2.81. The summed E-state index contributed by atoms with van der Waals surface area (Å²) in [6.07, 6.45) is 92.6. The van der Waals surface area contributed by atoms with Crippen LogP contribution in [0.3, 0.4) is 0 Å². The van der Waals surface area contributed by atoms with Crippen LogP contribution in [0.15, 0.2) is 85.1 Å². The van der Waals surface area contributed by atoms with Gasteiger partial charge < -0.3 is 27.9 Å². The van der Waals surface area contributed by atoms with Gasteiger partial charge in [0.25, 0.3) is 7.82 Å². The van der Waals surface area contributed by atoms with E-state index in [4.69, 9.17) is 18.5 Å². The van der Waals surface area contributed by atoms with Crippen molar-refractivity contribution in [3.8, 4) is 0 Å². The topological polar surface area (TPSA) is 111 Å². The Labute approximate surface area is 539 Å². The number of likely N-dealkylation sites (N-methyl/N-ethyl adjacent to an activating group) is 1. The number of hydrogen-bond acceptors (Lipinski definition) is 8. The van der Waals surface area contributed by atoms with E-state index in [1.165, 1.54) is 218 Å². The van der Waals surface area contributed by atoms with E-state index in [2.05, 4.69) is 98.9 Å². The van der Waals surface area contributed by atoms with Crippen LogP contribution >= 0.6 is 7.82 Å². The maximum atomic E-state index is 12.9. The Kier molecular flexibility index (Phi) is 65.4. The highest BCUT2D eigenvalue weighted by Crippen LogP contribution is 2.38. The molecule has 0 aliphatic rings. The molecule has 0 heterocycles. The number of phosphoric acid groups is 1. The van der Waals surface area contributed by atoms with Crippen LogP contribution in [0.5, 0.6) is 0 Å². The number of quaternary nitrogens is 1. The number of allylic oxidation sites excluding steroid dienone is 14. The van der Waals surface area contributed by atoms with Crippen molar-refractivity contribution in [2.24, 2.45) is 0 Å². The van der Waals surface area contributed by atoms with Crippen molar-refractivity contribution in [3.63, 3.8) is 0 Å². The van der Waals surface area contributed by atoms with Gasteiger partial charge in [0.2, 0.25) is 0 Å². The lowest BCUT2D eigenvalue weighted by atomic mass is 10.0. The van der Waals surface area contributed by atoms with Crippen molar-refractivity contribution in [2.75, 3.05) is 47.5 Å². The standard InChI is InChI=1S/C77H140NO8P/c1-6-8-10-12-14-16-18-20-22-24-26-28-30-32-34-36-37-38-39-40-42-43-45-47-49-51-53-55-57-59-61-63-65-67-69-76(79)83-73-75(74-85-87(81,82)84-72-71-78(3,4)5)86-77(80)70-68-66-64-62-60-58-56-54-52-50-48-46-44-41-35-33-31-29-27-25-23-21-19-17-15-13-11-9-7-2/h9,11,15,17,21,23,27,29,33,35,44,46,50,52,75H,6-8,10,12-14,16,18-20,22,24-26,28,30-32,34,36-43,45,47-49,51,53-74H2,1-5H3/b11-9-,17-15-,23-21-,29-27-,35-33-,46-44-,52-50-. The number of hydrogen-bond donors (Lipinski definition) is 0. The summed E-state index contributed by atoms with van der Waals surface area (Å²) in [4.78, 5) is 38.1. The lowest BCUT2D eigenvalue weighted by Gasteiger charge is -2.28. The molecule has 0 fully saturated rings. The molecule has 87 heavy (non-hydrogen) atoms. The maximum Gasteiger partial charge on any atom is 0.306 e. The molecular weight excluding hydrogens is 1100 g/mol. The molecule has 9 nitrogen and oxygen atoms in total. The summed E-state index contributed by atoms with van der Waals surface area (Å²) < 4.78 is 34.3. The summed E-state index contributed by atoms with van der Waals surface area (Å²) in [6, 6.07) is 0. The minimum atomic E-state index is -4.65. The van der Waals surface area contributed by atoms with Crippen LogP contribution in [-0.4, -0.2) is 70.0 Å². The Bertz CT molecular complexity index is 1740. The third-order valence-electron chi connectivity index (χ3n) is 16.2. The van der Waals surface area contributed by atoms with Gasteiger partial charge in [-0.2, -0.15) is 0 Å². The molecule has 0 bridgehead atoms. The molecule has 2 atom stereocenters. The molecule has 2 unspecified atom stereocenters.